The number of aromatic carboxylic acids is 1. The van der Waals surface area contributed by atoms with Gasteiger partial charge in [0.15, 0.2) is 0 Å². The molecule has 0 saturated heterocycles. The van der Waals surface area contributed by atoms with E-state index in [1.54, 1.807) is 6.07 Å². The number of hydrogen-bond acceptors (Lipinski definition) is 4. The van der Waals surface area contributed by atoms with Crippen molar-refractivity contribution < 1.29 is 9.90 Å². The molecule has 116 valence electrons. The third kappa shape index (κ3) is 3.40. The first kappa shape index (κ1) is 15.6. The fourth-order valence-corrected chi connectivity index (χ4v) is 4.03. The number of carboxylic acids is 1. The summed E-state index contributed by atoms with van der Waals surface area (Å²) in [7, 11) is 0. The van der Waals surface area contributed by atoms with Crippen molar-refractivity contribution in [1.29, 1.82) is 0 Å². The van der Waals surface area contributed by atoms with Crippen LogP contribution in [0.5, 0.6) is 0 Å². The van der Waals surface area contributed by atoms with Crippen LogP contribution < -0.4 is 5.11 Å². The van der Waals surface area contributed by atoms with Gasteiger partial charge in [-0.05, 0) is 59.4 Å². The van der Waals surface area contributed by atoms with E-state index in [0.29, 0.717) is 5.69 Å². The molecule has 3 nitrogen and oxygen atoms in total. The Morgan fingerprint density at radius 2 is 2.09 bits per heavy atom. The number of pyridine rings is 1. The number of rotatable bonds is 1. The fraction of sp³-hybridized carbons (Fsp3) is 0.263. The van der Waals surface area contributed by atoms with Gasteiger partial charge in [-0.3, -0.25) is 0 Å². The zero-order chi connectivity index (χ0) is 16.4. The number of carbonyl (C=O) groups excluding carboxylic acids is 1. The number of benzene rings is 1. The van der Waals surface area contributed by atoms with Gasteiger partial charge in [0.1, 0.15) is 5.69 Å². The molecule has 0 fully saturated rings. The van der Waals surface area contributed by atoms with E-state index in [4.69, 9.17) is 0 Å². The van der Waals surface area contributed by atoms with Gasteiger partial charge in [-0.2, -0.15) is 0 Å². The average Bonchev–Trinajstić information content (AvgIpc) is 2.53. The second-order valence-corrected chi connectivity index (χ2v) is 7.30. The number of carbonyl (C=O) groups is 1. The molecule has 1 aromatic heterocycles. The lowest BCUT2D eigenvalue weighted by Crippen LogP contribution is -2.22. The third-order valence-corrected chi connectivity index (χ3v) is 5.10. The first-order valence-corrected chi connectivity index (χ1v) is 8.41. The molecule has 0 radical (unpaired) electrons. The molecule has 0 amide bonds. The van der Waals surface area contributed by atoms with Crippen molar-refractivity contribution in [3.05, 3.63) is 58.9 Å². The molecule has 0 atom stereocenters. The van der Waals surface area contributed by atoms with Crippen molar-refractivity contribution >= 4 is 17.7 Å². The maximum Gasteiger partial charge on any atom is 0.113 e. The summed E-state index contributed by atoms with van der Waals surface area (Å²) < 4.78 is 0. The topological polar surface area (TPSA) is 53.0 Å². The van der Waals surface area contributed by atoms with Gasteiger partial charge in [0.25, 0.3) is 0 Å². The summed E-state index contributed by atoms with van der Waals surface area (Å²) >= 11 is 1.90. The van der Waals surface area contributed by atoms with E-state index in [0.717, 1.165) is 17.7 Å². The van der Waals surface area contributed by atoms with Crippen LogP contribution >= 0.6 is 11.8 Å². The summed E-state index contributed by atoms with van der Waals surface area (Å²) in [6.07, 6.45) is 2.43. The Balaban J connectivity index is 1.88. The second-order valence-electron chi connectivity index (χ2n) is 6.16. The summed E-state index contributed by atoms with van der Waals surface area (Å²) in [6.45, 7) is 4.53. The zero-order valence-corrected chi connectivity index (χ0v) is 13.9. The third-order valence-electron chi connectivity index (χ3n) is 4.03. The minimum atomic E-state index is -1.23. The number of thioether (sulfide) groups is 1. The molecule has 1 aliphatic rings. The minimum Gasteiger partial charge on any atom is -0.545 e. The monoisotopic (exact) mass is 322 g/mol. The summed E-state index contributed by atoms with van der Waals surface area (Å²) in [4.78, 5) is 16.1. The van der Waals surface area contributed by atoms with Crippen LogP contribution in [0.1, 0.15) is 47.4 Å². The lowest BCUT2D eigenvalue weighted by atomic mass is 9.81. The number of fused-ring (bicyclic) bond motifs is 1. The maximum absolute atomic E-state index is 10.7. The van der Waals surface area contributed by atoms with Crippen LogP contribution in [0.3, 0.4) is 0 Å². The van der Waals surface area contributed by atoms with E-state index in [1.165, 1.54) is 22.7 Å². The molecular formula is C19H16NO2S-. The largest absolute Gasteiger partial charge is 0.545 e. The lowest BCUT2D eigenvalue weighted by molar-refractivity contribution is -0.255. The molecule has 4 heteroatoms. The SMILES string of the molecule is CC1(C)CCSc2ccc(C#Cc3ccc(C(=O)[O-])cn3)cc21. The quantitative estimate of drug-likeness (QED) is 0.757. The molecule has 23 heavy (non-hydrogen) atoms. The molecule has 2 heterocycles. The predicted molar refractivity (Wildman–Crippen MR) is 89.4 cm³/mol. The van der Waals surface area contributed by atoms with Crippen LogP contribution in [0, 0.1) is 11.8 Å². The predicted octanol–water partition coefficient (Wildman–Crippen LogP) is 2.62. The average molecular weight is 322 g/mol. The molecule has 0 bridgehead atoms. The summed E-state index contributed by atoms with van der Waals surface area (Å²) in [6, 6.07) is 9.37. The summed E-state index contributed by atoms with van der Waals surface area (Å²) in [5.41, 5.74) is 3.07. The summed E-state index contributed by atoms with van der Waals surface area (Å²) in [5.74, 6) is 6.02. The van der Waals surface area contributed by atoms with Gasteiger partial charge in [0.2, 0.25) is 0 Å². The number of hydrogen-bond donors (Lipinski definition) is 0. The molecule has 3 rings (SSSR count). The van der Waals surface area contributed by atoms with Crippen LogP contribution in [-0.2, 0) is 5.41 Å². The van der Waals surface area contributed by atoms with E-state index in [1.807, 2.05) is 17.8 Å². The molecule has 0 N–H and O–H groups in total. The molecule has 1 aromatic carbocycles. The number of nitrogens with zero attached hydrogens (tertiary/aromatic N) is 1. The van der Waals surface area contributed by atoms with E-state index >= 15 is 0 Å². The molecule has 0 spiro atoms. The molecule has 0 unspecified atom stereocenters. The first-order valence-electron chi connectivity index (χ1n) is 7.42. The second kappa shape index (κ2) is 6.10. The van der Waals surface area contributed by atoms with Gasteiger partial charge in [-0.1, -0.05) is 19.8 Å². The van der Waals surface area contributed by atoms with Crippen molar-refractivity contribution in [3.8, 4) is 11.8 Å². The smallest absolute Gasteiger partial charge is 0.113 e. The molecule has 0 saturated carbocycles. The van der Waals surface area contributed by atoms with Crippen molar-refractivity contribution in [3.63, 3.8) is 0 Å². The van der Waals surface area contributed by atoms with Gasteiger partial charge >= 0.3 is 0 Å². The maximum atomic E-state index is 10.7. The lowest BCUT2D eigenvalue weighted by Gasteiger charge is -2.32. The van der Waals surface area contributed by atoms with Crippen LogP contribution in [0.25, 0.3) is 0 Å². The Hall–Kier alpha value is -2.25. The van der Waals surface area contributed by atoms with Crippen LogP contribution in [-0.4, -0.2) is 16.7 Å². The van der Waals surface area contributed by atoms with E-state index in [-0.39, 0.29) is 11.0 Å². The Morgan fingerprint density at radius 1 is 1.26 bits per heavy atom. The molecule has 2 aromatic rings. The number of carboxylic acid groups (broad SMARTS) is 1. The molecular weight excluding hydrogens is 306 g/mol. The number of aromatic nitrogens is 1. The van der Waals surface area contributed by atoms with Crippen molar-refractivity contribution in [2.24, 2.45) is 0 Å². The van der Waals surface area contributed by atoms with Crippen LogP contribution in [0.4, 0.5) is 0 Å². The Morgan fingerprint density at radius 3 is 2.78 bits per heavy atom. The summed E-state index contributed by atoms with van der Waals surface area (Å²) in [5, 5.41) is 10.7. The minimum absolute atomic E-state index is 0.0584. The van der Waals surface area contributed by atoms with Gasteiger partial charge < -0.3 is 9.90 Å². The molecule has 1 aliphatic heterocycles. The van der Waals surface area contributed by atoms with Gasteiger partial charge in [-0.25, -0.2) is 4.98 Å². The molecule has 0 aliphatic carbocycles. The fourth-order valence-electron chi connectivity index (χ4n) is 2.54. The van der Waals surface area contributed by atoms with E-state index in [9.17, 15) is 9.90 Å². The Labute approximate surface area is 140 Å². The van der Waals surface area contributed by atoms with Gasteiger partial charge in [-0.15, -0.1) is 11.8 Å². The van der Waals surface area contributed by atoms with Crippen molar-refractivity contribution in [1.82, 2.24) is 4.98 Å². The normalized spacial score (nSPS) is 15.2. The van der Waals surface area contributed by atoms with Crippen molar-refractivity contribution in [2.45, 2.75) is 30.6 Å². The van der Waals surface area contributed by atoms with E-state index in [2.05, 4.69) is 42.8 Å². The highest BCUT2D eigenvalue weighted by Crippen LogP contribution is 2.41. The van der Waals surface area contributed by atoms with Crippen molar-refractivity contribution in [2.75, 3.05) is 5.75 Å². The van der Waals surface area contributed by atoms with Crippen LogP contribution in [0.2, 0.25) is 0 Å². The Kier molecular flexibility index (Phi) is 4.14. The highest BCUT2D eigenvalue weighted by Gasteiger charge is 2.27. The highest BCUT2D eigenvalue weighted by atomic mass is 32.2. The van der Waals surface area contributed by atoms with Gasteiger partial charge in [0, 0.05) is 22.2 Å². The zero-order valence-electron chi connectivity index (χ0n) is 13.1. The first-order chi connectivity index (χ1) is 11.0. The Bertz CT molecular complexity index is 813. The van der Waals surface area contributed by atoms with Crippen LogP contribution in [0.15, 0.2) is 41.4 Å². The van der Waals surface area contributed by atoms with E-state index < -0.39 is 5.97 Å². The highest BCUT2D eigenvalue weighted by molar-refractivity contribution is 7.99. The van der Waals surface area contributed by atoms with Gasteiger partial charge in [0.05, 0.1) is 5.97 Å². The standard InChI is InChI=1S/C19H17NO2S/c1-19(2)9-10-23-17-8-4-13(11-16(17)19)3-6-15-7-5-14(12-20-15)18(21)22/h4-5,7-8,11-12H,9-10H2,1-2H3,(H,21,22)/p-1.